The van der Waals surface area contributed by atoms with Crippen molar-refractivity contribution in [2.75, 3.05) is 0 Å². The number of rotatable bonds is 3. The molecule has 0 N–H and O–H groups in total. The topological polar surface area (TPSA) is 22.0 Å². The molecule has 124 valence electrons. The van der Waals surface area contributed by atoms with Crippen molar-refractivity contribution in [2.24, 2.45) is 0 Å². The summed E-state index contributed by atoms with van der Waals surface area (Å²) in [6.07, 6.45) is 0. The van der Waals surface area contributed by atoms with E-state index in [9.17, 15) is 4.79 Å². The summed E-state index contributed by atoms with van der Waals surface area (Å²) in [5.41, 5.74) is 3.05. The normalized spacial score (nSPS) is 11.1. The molecule has 0 fully saturated rings. The van der Waals surface area contributed by atoms with Crippen LogP contribution in [0.25, 0.3) is 21.2 Å². The van der Waals surface area contributed by atoms with E-state index in [0.29, 0.717) is 11.6 Å². The fourth-order valence-corrected chi connectivity index (χ4v) is 4.85. The van der Waals surface area contributed by atoms with Crippen LogP contribution in [0.4, 0.5) is 0 Å². The van der Waals surface area contributed by atoms with Gasteiger partial charge in [0.1, 0.15) is 0 Å². The molecular formula is C20H13BrClNOS. The van der Waals surface area contributed by atoms with Crippen molar-refractivity contribution in [3.63, 3.8) is 0 Å². The zero-order valence-electron chi connectivity index (χ0n) is 13.1. The third-order valence-corrected chi connectivity index (χ3v) is 6.01. The van der Waals surface area contributed by atoms with Crippen molar-refractivity contribution < 1.29 is 0 Å². The molecule has 0 saturated heterocycles. The van der Waals surface area contributed by atoms with Gasteiger partial charge in [-0.1, -0.05) is 87.6 Å². The molecular weight excluding hydrogens is 418 g/mol. The number of fused-ring (bicyclic) bond motifs is 1. The van der Waals surface area contributed by atoms with Crippen LogP contribution in [0.3, 0.4) is 0 Å². The van der Waals surface area contributed by atoms with E-state index in [1.807, 2.05) is 70.7 Å². The molecule has 4 aromatic rings. The summed E-state index contributed by atoms with van der Waals surface area (Å²) in [6, 6.07) is 21.6. The maximum absolute atomic E-state index is 13.0. The second-order valence-electron chi connectivity index (χ2n) is 5.72. The first-order valence-electron chi connectivity index (χ1n) is 7.75. The molecule has 0 spiro atoms. The summed E-state index contributed by atoms with van der Waals surface area (Å²) in [5.74, 6) is 0. The Morgan fingerprint density at radius 2 is 1.76 bits per heavy atom. The lowest BCUT2D eigenvalue weighted by molar-refractivity contribution is 0.854. The van der Waals surface area contributed by atoms with Gasteiger partial charge in [0.15, 0.2) is 0 Å². The fourth-order valence-electron chi connectivity index (χ4n) is 2.90. The van der Waals surface area contributed by atoms with E-state index in [-0.39, 0.29) is 5.56 Å². The SMILES string of the molecule is O=c1c2c(-c3ccc(Cl)cc3Br)cccc2sn1Cc1ccccc1. The molecule has 0 aliphatic carbocycles. The fraction of sp³-hybridized carbons (Fsp3) is 0.0500. The molecule has 0 radical (unpaired) electrons. The molecule has 3 aromatic carbocycles. The van der Waals surface area contributed by atoms with Crippen molar-refractivity contribution in [1.82, 2.24) is 3.96 Å². The van der Waals surface area contributed by atoms with Crippen LogP contribution in [0.5, 0.6) is 0 Å². The zero-order chi connectivity index (χ0) is 17.4. The summed E-state index contributed by atoms with van der Waals surface area (Å²) in [5, 5.41) is 1.42. The van der Waals surface area contributed by atoms with Gasteiger partial charge in [-0.2, -0.15) is 0 Å². The first-order chi connectivity index (χ1) is 12.1. The van der Waals surface area contributed by atoms with E-state index in [4.69, 9.17) is 11.6 Å². The van der Waals surface area contributed by atoms with Crippen LogP contribution >= 0.6 is 39.1 Å². The Balaban J connectivity index is 1.89. The molecule has 0 aliphatic rings. The first-order valence-corrected chi connectivity index (χ1v) is 9.70. The zero-order valence-corrected chi connectivity index (χ0v) is 16.2. The largest absolute Gasteiger partial charge is 0.269 e. The van der Waals surface area contributed by atoms with E-state index in [0.717, 1.165) is 31.2 Å². The van der Waals surface area contributed by atoms with E-state index >= 15 is 0 Å². The Bertz CT molecular complexity index is 1120. The molecule has 0 amide bonds. The Labute approximate surface area is 162 Å². The Hall–Kier alpha value is -1.88. The van der Waals surface area contributed by atoms with Crippen molar-refractivity contribution in [3.05, 3.63) is 92.1 Å². The van der Waals surface area contributed by atoms with Crippen molar-refractivity contribution in [2.45, 2.75) is 6.54 Å². The molecule has 4 rings (SSSR count). The van der Waals surface area contributed by atoms with Gasteiger partial charge >= 0.3 is 0 Å². The second-order valence-corrected chi connectivity index (χ2v) is 8.08. The van der Waals surface area contributed by atoms with Crippen molar-refractivity contribution in [1.29, 1.82) is 0 Å². The highest BCUT2D eigenvalue weighted by atomic mass is 79.9. The minimum Gasteiger partial charge on any atom is -0.268 e. The molecule has 0 unspecified atom stereocenters. The monoisotopic (exact) mass is 429 g/mol. The molecule has 0 bridgehead atoms. The maximum atomic E-state index is 13.0. The number of halogens is 2. The molecule has 0 atom stereocenters. The van der Waals surface area contributed by atoms with E-state index < -0.39 is 0 Å². The average molecular weight is 431 g/mol. The van der Waals surface area contributed by atoms with Crippen LogP contribution in [0, 0.1) is 0 Å². The van der Waals surface area contributed by atoms with Crippen LogP contribution < -0.4 is 5.56 Å². The third-order valence-electron chi connectivity index (χ3n) is 4.07. The van der Waals surface area contributed by atoms with Gasteiger partial charge in [0.2, 0.25) is 0 Å². The van der Waals surface area contributed by atoms with Gasteiger partial charge in [0.25, 0.3) is 5.56 Å². The quantitative estimate of drug-likeness (QED) is 0.379. The highest BCUT2D eigenvalue weighted by Gasteiger charge is 2.15. The molecule has 25 heavy (non-hydrogen) atoms. The lowest BCUT2D eigenvalue weighted by Gasteiger charge is -2.06. The standard InChI is InChI=1S/C20H13BrClNOS/c21-17-11-14(22)9-10-15(17)16-7-4-8-18-19(16)20(24)23(25-18)12-13-5-2-1-3-6-13/h1-11H,12H2. The summed E-state index contributed by atoms with van der Waals surface area (Å²) in [6.45, 7) is 0.584. The molecule has 1 aromatic heterocycles. The second kappa shape index (κ2) is 6.79. The van der Waals surface area contributed by atoms with Gasteiger partial charge in [-0.3, -0.25) is 8.75 Å². The predicted octanol–water partition coefficient (Wildman–Crippen LogP) is 6.19. The van der Waals surface area contributed by atoms with Gasteiger partial charge < -0.3 is 0 Å². The minimum absolute atomic E-state index is 0.0429. The minimum atomic E-state index is 0.0429. The van der Waals surface area contributed by atoms with Gasteiger partial charge in [-0.25, -0.2) is 0 Å². The summed E-state index contributed by atoms with van der Waals surface area (Å²) >= 11 is 11.1. The molecule has 2 nitrogen and oxygen atoms in total. The highest BCUT2D eigenvalue weighted by molar-refractivity contribution is 9.10. The summed E-state index contributed by atoms with van der Waals surface area (Å²) in [7, 11) is 0. The molecule has 5 heteroatoms. The van der Waals surface area contributed by atoms with Crippen LogP contribution in [0.2, 0.25) is 5.02 Å². The highest BCUT2D eigenvalue weighted by Crippen LogP contribution is 2.35. The van der Waals surface area contributed by atoms with Crippen molar-refractivity contribution in [3.8, 4) is 11.1 Å². The smallest absolute Gasteiger partial charge is 0.268 e. The van der Waals surface area contributed by atoms with Gasteiger partial charge in [0, 0.05) is 9.50 Å². The van der Waals surface area contributed by atoms with E-state index in [1.54, 1.807) is 0 Å². The van der Waals surface area contributed by atoms with Crippen LogP contribution in [0.1, 0.15) is 5.56 Å². The van der Waals surface area contributed by atoms with Gasteiger partial charge in [0.05, 0.1) is 16.6 Å². The van der Waals surface area contributed by atoms with E-state index in [2.05, 4.69) is 15.9 Å². The maximum Gasteiger partial charge on any atom is 0.269 e. The third kappa shape index (κ3) is 3.17. The summed E-state index contributed by atoms with van der Waals surface area (Å²) < 4.78 is 3.68. The number of benzene rings is 3. The predicted molar refractivity (Wildman–Crippen MR) is 110 cm³/mol. The number of hydrogen-bond donors (Lipinski definition) is 0. The first kappa shape index (κ1) is 16.6. The number of aromatic nitrogens is 1. The van der Waals surface area contributed by atoms with Gasteiger partial charge in [-0.05, 0) is 34.9 Å². The van der Waals surface area contributed by atoms with Gasteiger partial charge in [-0.15, -0.1) is 0 Å². The molecule has 1 heterocycles. The lowest BCUT2D eigenvalue weighted by atomic mass is 10.0. The summed E-state index contributed by atoms with van der Waals surface area (Å²) in [4.78, 5) is 13.0. The Morgan fingerprint density at radius 1 is 0.960 bits per heavy atom. The number of hydrogen-bond acceptors (Lipinski definition) is 2. The molecule has 0 saturated carbocycles. The van der Waals surface area contributed by atoms with Crippen LogP contribution in [0.15, 0.2) is 76.0 Å². The van der Waals surface area contributed by atoms with Crippen molar-refractivity contribution >= 4 is 49.1 Å². The average Bonchev–Trinajstić information content (AvgIpc) is 2.92. The lowest BCUT2D eigenvalue weighted by Crippen LogP contribution is -2.14. The van der Waals surface area contributed by atoms with E-state index in [1.165, 1.54) is 11.5 Å². The van der Waals surface area contributed by atoms with Crippen LogP contribution in [-0.2, 0) is 6.54 Å². The number of nitrogens with zero attached hydrogens (tertiary/aromatic N) is 1. The van der Waals surface area contributed by atoms with Crippen LogP contribution in [-0.4, -0.2) is 3.96 Å². The molecule has 0 aliphatic heterocycles. The Kier molecular flexibility index (Phi) is 4.50. The Morgan fingerprint density at radius 3 is 2.52 bits per heavy atom.